The standard InChI is InChI=1S/C19H28F2N2O4.ClH/c1-4-26-16-11-14(5-6-15(16)27-18(20)21)12-23(2)17(24)19(13-25-3)7-9-22-10-8-19;/h5-6,11,18,22H,4,7-10,12-13H2,1-3H3;1H. The van der Waals surface area contributed by atoms with Gasteiger partial charge in [0.1, 0.15) is 0 Å². The molecule has 0 atom stereocenters. The van der Waals surface area contributed by atoms with Crippen LogP contribution < -0.4 is 14.8 Å². The van der Waals surface area contributed by atoms with Crippen molar-refractivity contribution in [1.82, 2.24) is 10.2 Å². The Kier molecular flexibility index (Phi) is 9.92. The van der Waals surface area contributed by atoms with Crippen LogP contribution in [0.3, 0.4) is 0 Å². The molecule has 0 aliphatic carbocycles. The van der Waals surface area contributed by atoms with Gasteiger partial charge >= 0.3 is 6.61 Å². The summed E-state index contributed by atoms with van der Waals surface area (Å²) in [5.74, 6) is 0.250. The van der Waals surface area contributed by atoms with Crippen molar-refractivity contribution < 1.29 is 27.8 Å². The number of hydrogen-bond acceptors (Lipinski definition) is 5. The number of carbonyl (C=O) groups excluding carboxylic acids is 1. The highest BCUT2D eigenvalue weighted by Crippen LogP contribution is 2.33. The number of halogens is 3. The van der Waals surface area contributed by atoms with Gasteiger partial charge in [-0.25, -0.2) is 0 Å². The Bertz CT molecular complexity index is 622. The number of nitrogens with zero attached hydrogens (tertiary/aromatic N) is 1. The first kappa shape index (κ1) is 24.4. The van der Waals surface area contributed by atoms with E-state index in [2.05, 4.69) is 10.1 Å². The lowest BCUT2D eigenvalue weighted by molar-refractivity contribution is -0.146. The van der Waals surface area contributed by atoms with Crippen LogP contribution in [0.5, 0.6) is 11.5 Å². The molecule has 9 heteroatoms. The molecular weight excluding hydrogens is 394 g/mol. The van der Waals surface area contributed by atoms with Crippen molar-refractivity contribution in [2.75, 3.05) is 40.5 Å². The van der Waals surface area contributed by atoms with Crippen LogP contribution in [0, 0.1) is 5.41 Å². The van der Waals surface area contributed by atoms with Crippen molar-refractivity contribution in [1.29, 1.82) is 0 Å². The van der Waals surface area contributed by atoms with E-state index in [1.165, 1.54) is 6.07 Å². The Morgan fingerprint density at radius 3 is 2.54 bits per heavy atom. The third-order valence-corrected chi connectivity index (χ3v) is 4.73. The molecule has 0 spiro atoms. The van der Waals surface area contributed by atoms with Crippen molar-refractivity contribution >= 4 is 18.3 Å². The number of amides is 1. The molecule has 1 aromatic rings. The van der Waals surface area contributed by atoms with E-state index < -0.39 is 12.0 Å². The Morgan fingerprint density at radius 2 is 1.96 bits per heavy atom. The minimum atomic E-state index is -2.92. The summed E-state index contributed by atoms with van der Waals surface area (Å²) in [6, 6.07) is 4.74. The molecule has 1 fully saturated rings. The smallest absolute Gasteiger partial charge is 0.387 e. The van der Waals surface area contributed by atoms with Crippen LogP contribution in [0.4, 0.5) is 8.78 Å². The molecule has 1 heterocycles. The topological polar surface area (TPSA) is 60.0 Å². The molecule has 28 heavy (non-hydrogen) atoms. The maximum Gasteiger partial charge on any atom is 0.387 e. The lowest BCUT2D eigenvalue weighted by Gasteiger charge is -2.38. The average molecular weight is 423 g/mol. The second-order valence-electron chi connectivity index (χ2n) is 6.72. The number of nitrogens with one attached hydrogen (secondary N) is 1. The summed E-state index contributed by atoms with van der Waals surface area (Å²) in [6.45, 7) is 1.43. The molecule has 1 saturated heterocycles. The van der Waals surface area contributed by atoms with E-state index in [0.717, 1.165) is 31.5 Å². The molecule has 0 unspecified atom stereocenters. The van der Waals surface area contributed by atoms with Crippen LogP contribution in [0.15, 0.2) is 18.2 Å². The van der Waals surface area contributed by atoms with Crippen LogP contribution in [0.1, 0.15) is 25.3 Å². The van der Waals surface area contributed by atoms with Crippen LogP contribution >= 0.6 is 12.4 Å². The predicted molar refractivity (Wildman–Crippen MR) is 104 cm³/mol. The lowest BCUT2D eigenvalue weighted by Crippen LogP contribution is -2.50. The zero-order valence-corrected chi connectivity index (χ0v) is 17.3. The molecular formula is C19H29ClF2N2O4. The van der Waals surface area contributed by atoms with E-state index in [1.807, 2.05) is 0 Å². The van der Waals surface area contributed by atoms with Crippen molar-refractivity contribution in [2.24, 2.45) is 5.41 Å². The number of alkyl halides is 2. The second-order valence-corrected chi connectivity index (χ2v) is 6.72. The molecule has 0 saturated carbocycles. The van der Waals surface area contributed by atoms with Gasteiger partial charge in [0.05, 0.1) is 18.6 Å². The molecule has 1 aliphatic rings. The molecule has 2 rings (SSSR count). The van der Waals surface area contributed by atoms with Gasteiger partial charge in [-0.05, 0) is 50.6 Å². The van der Waals surface area contributed by atoms with E-state index in [1.54, 1.807) is 38.1 Å². The summed E-state index contributed by atoms with van der Waals surface area (Å²) in [4.78, 5) is 14.8. The van der Waals surface area contributed by atoms with E-state index in [4.69, 9.17) is 9.47 Å². The van der Waals surface area contributed by atoms with Gasteiger partial charge in [-0.3, -0.25) is 4.79 Å². The van der Waals surface area contributed by atoms with Crippen molar-refractivity contribution in [3.63, 3.8) is 0 Å². The maximum atomic E-state index is 13.1. The van der Waals surface area contributed by atoms with Crippen molar-refractivity contribution in [3.8, 4) is 11.5 Å². The quantitative estimate of drug-likeness (QED) is 0.662. The Balaban J connectivity index is 0.00000392. The van der Waals surface area contributed by atoms with Gasteiger partial charge in [-0.15, -0.1) is 12.4 Å². The van der Waals surface area contributed by atoms with E-state index in [9.17, 15) is 13.6 Å². The third-order valence-electron chi connectivity index (χ3n) is 4.73. The summed E-state index contributed by atoms with van der Waals surface area (Å²) in [7, 11) is 3.35. The van der Waals surface area contributed by atoms with Crippen LogP contribution in [0.25, 0.3) is 0 Å². The van der Waals surface area contributed by atoms with Gasteiger partial charge in [0.15, 0.2) is 11.5 Å². The van der Waals surface area contributed by atoms with Crippen LogP contribution in [-0.2, 0) is 16.1 Å². The number of hydrogen-bond donors (Lipinski definition) is 1. The van der Waals surface area contributed by atoms with Gasteiger partial charge in [-0.1, -0.05) is 6.07 Å². The summed E-state index contributed by atoms with van der Waals surface area (Å²) in [5, 5.41) is 3.27. The predicted octanol–water partition coefficient (Wildman–Crippen LogP) is 3.08. The highest BCUT2D eigenvalue weighted by atomic mass is 35.5. The largest absolute Gasteiger partial charge is 0.490 e. The molecule has 1 aliphatic heterocycles. The SMILES string of the molecule is CCOc1cc(CN(C)C(=O)C2(COC)CCNCC2)ccc1OC(F)F.Cl. The van der Waals surface area contributed by atoms with Crippen molar-refractivity contribution in [2.45, 2.75) is 32.9 Å². The van der Waals surface area contributed by atoms with Crippen molar-refractivity contribution in [3.05, 3.63) is 23.8 Å². The minimum Gasteiger partial charge on any atom is -0.490 e. The fourth-order valence-electron chi connectivity index (χ4n) is 3.46. The zero-order valence-electron chi connectivity index (χ0n) is 16.5. The first-order valence-corrected chi connectivity index (χ1v) is 9.07. The third kappa shape index (κ3) is 6.18. The Hall–Kier alpha value is -1.64. The highest BCUT2D eigenvalue weighted by Gasteiger charge is 2.41. The first-order chi connectivity index (χ1) is 12.9. The number of carbonyl (C=O) groups is 1. The molecule has 1 amide bonds. The molecule has 6 nitrogen and oxygen atoms in total. The maximum absolute atomic E-state index is 13.1. The van der Waals surface area contributed by atoms with E-state index in [0.29, 0.717) is 19.8 Å². The van der Waals surface area contributed by atoms with Gasteiger partial charge in [0.2, 0.25) is 5.91 Å². The number of ether oxygens (including phenoxy) is 3. The van der Waals surface area contributed by atoms with Gasteiger partial charge < -0.3 is 24.4 Å². The second kappa shape index (κ2) is 11.4. The van der Waals surface area contributed by atoms with Gasteiger partial charge in [0, 0.05) is 20.7 Å². The number of piperidine rings is 1. The molecule has 160 valence electrons. The number of methoxy groups -OCH3 is 1. The lowest BCUT2D eigenvalue weighted by atomic mass is 9.78. The molecule has 0 radical (unpaired) electrons. The molecule has 1 N–H and O–H groups in total. The van der Waals surface area contributed by atoms with Gasteiger partial charge in [-0.2, -0.15) is 8.78 Å². The monoisotopic (exact) mass is 422 g/mol. The molecule has 1 aromatic carbocycles. The first-order valence-electron chi connectivity index (χ1n) is 9.07. The Morgan fingerprint density at radius 1 is 1.29 bits per heavy atom. The number of benzene rings is 1. The zero-order chi connectivity index (χ0) is 19.9. The summed E-state index contributed by atoms with van der Waals surface area (Å²) in [5.41, 5.74) is 0.244. The molecule has 0 aromatic heterocycles. The summed E-state index contributed by atoms with van der Waals surface area (Å²) < 4.78 is 40.3. The van der Waals surface area contributed by atoms with Crippen LogP contribution in [-0.4, -0.2) is 57.9 Å². The van der Waals surface area contributed by atoms with Gasteiger partial charge in [0.25, 0.3) is 0 Å². The highest BCUT2D eigenvalue weighted by molar-refractivity contribution is 5.85. The minimum absolute atomic E-state index is 0. The fourth-order valence-corrected chi connectivity index (χ4v) is 3.46. The molecule has 0 bridgehead atoms. The average Bonchev–Trinajstić information content (AvgIpc) is 2.64. The van der Waals surface area contributed by atoms with E-state index in [-0.39, 0.29) is 29.8 Å². The summed E-state index contributed by atoms with van der Waals surface area (Å²) >= 11 is 0. The normalized spacial score (nSPS) is 15.6. The fraction of sp³-hybridized carbons (Fsp3) is 0.632. The number of rotatable bonds is 9. The van der Waals surface area contributed by atoms with Crippen LogP contribution in [0.2, 0.25) is 0 Å². The van der Waals surface area contributed by atoms with E-state index >= 15 is 0 Å². The summed E-state index contributed by atoms with van der Waals surface area (Å²) in [6.07, 6.45) is 1.44. The Labute approximate surface area is 170 Å².